The van der Waals surface area contributed by atoms with E-state index in [1.54, 1.807) is 0 Å². The van der Waals surface area contributed by atoms with Crippen LogP contribution in [0.25, 0.3) is 0 Å². The van der Waals surface area contributed by atoms with E-state index in [-0.39, 0.29) is 25.4 Å². The highest BCUT2D eigenvalue weighted by Crippen LogP contribution is 2.01. The summed E-state index contributed by atoms with van der Waals surface area (Å²) in [5.41, 5.74) is 1.14. The molecule has 8 heteroatoms. The maximum atomic E-state index is 11.4. The first kappa shape index (κ1) is 25.0. The zero-order valence-corrected chi connectivity index (χ0v) is 16.9. The molecule has 0 unspecified atom stereocenters. The Kier molecular flexibility index (Phi) is 15.6. The van der Waals surface area contributed by atoms with Crippen LogP contribution in [0.4, 0.5) is 0 Å². The number of unbranched alkanes of at least 4 members (excludes halogenated alkanes) is 1. The Morgan fingerprint density at radius 1 is 0.690 bits per heavy atom. The molecule has 29 heavy (non-hydrogen) atoms. The summed E-state index contributed by atoms with van der Waals surface area (Å²) in [6, 6.07) is 9.98. The summed E-state index contributed by atoms with van der Waals surface area (Å²) in [6.45, 7) is 3.96. The third-order valence-electron chi connectivity index (χ3n) is 3.74. The van der Waals surface area contributed by atoms with E-state index < -0.39 is 5.97 Å². The first-order valence-electron chi connectivity index (χ1n) is 9.91. The molecule has 0 aromatic heterocycles. The van der Waals surface area contributed by atoms with Crippen molar-refractivity contribution in [3.63, 3.8) is 0 Å². The van der Waals surface area contributed by atoms with Crippen molar-refractivity contribution in [2.24, 2.45) is 0 Å². The molecule has 0 heterocycles. The highest BCUT2D eigenvalue weighted by Gasteiger charge is 2.04. The average Bonchev–Trinajstić information content (AvgIpc) is 2.72. The van der Waals surface area contributed by atoms with E-state index >= 15 is 0 Å². The summed E-state index contributed by atoms with van der Waals surface area (Å²) in [6.07, 6.45) is 1.29. The van der Waals surface area contributed by atoms with Crippen LogP contribution in [-0.4, -0.2) is 69.9 Å². The van der Waals surface area contributed by atoms with Gasteiger partial charge in [-0.1, -0.05) is 30.3 Å². The Morgan fingerprint density at radius 2 is 1.21 bits per heavy atom. The highest BCUT2D eigenvalue weighted by atomic mass is 16.6. The summed E-state index contributed by atoms with van der Waals surface area (Å²) in [4.78, 5) is 21.7. The number of rotatable bonds is 19. The number of ether oxygens (including phenoxy) is 5. The molecule has 1 aromatic carbocycles. The number of carbonyl (C=O) groups is 2. The predicted molar refractivity (Wildman–Crippen MR) is 106 cm³/mol. The minimum absolute atomic E-state index is 0.0729. The van der Waals surface area contributed by atoms with Gasteiger partial charge >= 0.3 is 11.9 Å². The first-order valence-corrected chi connectivity index (χ1v) is 9.91. The summed E-state index contributed by atoms with van der Waals surface area (Å²) in [5.74, 6) is -1.19. The molecular weight excluding hydrogens is 380 g/mol. The lowest BCUT2D eigenvalue weighted by Gasteiger charge is -2.08. The largest absolute Gasteiger partial charge is 0.481 e. The molecule has 164 valence electrons. The van der Waals surface area contributed by atoms with Crippen LogP contribution >= 0.6 is 0 Å². The molecule has 1 rings (SSSR count). The molecule has 0 radical (unpaired) electrons. The van der Waals surface area contributed by atoms with E-state index in [1.807, 2.05) is 30.3 Å². The molecule has 1 aromatic rings. The molecule has 0 aliphatic carbocycles. The Balaban J connectivity index is 1.74. The minimum Gasteiger partial charge on any atom is -0.481 e. The molecule has 0 spiro atoms. The Bertz CT molecular complexity index is 535. The summed E-state index contributed by atoms with van der Waals surface area (Å²) in [7, 11) is 0. The Morgan fingerprint density at radius 3 is 1.79 bits per heavy atom. The Labute approximate surface area is 172 Å². The van der Waals surface area contributed by atoms with Gasteiger partial charge in [-0.25, -0.2) is 0 Å². The fourth-order valence-electron chi connectivity index (χ4n) is 2.26. The second kappa shape index (κ2) is 18.1. The van der Waals surface area contributed by atoms with Crippen molar-refractivity contribution < 1.29 is 38.4 Å². The normalized spacial score (nSPS) is 10.8. The molecular formula is C21H32O8. The van der Waals surface area contributed by atoms with E-state index in [9.17, 15) is 9.59 Å². The quantitative estimate of drug-likeness (QED) is 0.273. The van der Waals surface area contributed by atoms with Gasteiger partial charge in [0.05, 0.1) is 52.9 Å². The van der Waals surface area contributed by atoms with Gasteiger partial charge in [0.1, 0.15) is 6.61 Å². The lowest BCUT2D eigenvalue weighted by molar-refractivity contribution is -0.146. The van der Waals surface area contributed by atoms with Gasteiger partial charge in [0.25, 0.3) is 0 Å². The molecule has 0 aliphatic rings. The number of carbonyl (C=O) groups excluding carboxylic acids is 1. The van der Waals surface area contributed by atoms with Crippen molar-refractivity contribution in [3.8, 4) is 0 Å². The van der Waals surface area contributed by atoms with Crippen LogP contribution in [0.1, 0.15) is 31.2 Å². The van der Waals surface area contributed by atoms with Crippen LogP contribution in [0, 0.1) is 0 Å². The maximum absolute atomic E-state index is 11.4. The number of carboxylic acids is 1. The molecule has 0 aliphatic heterocycles. The van der Waals surface area contributed by atoms with Crippen molar-refractivity contribution >= 4 is 11.9 Å². The van der Waals surface area contributed by atoms with Crippen molar-refractivity contribution in [1.82, 2.24) is 0 Å². The van der Waals surface area contributed by atoms with Gasteiger partial charge < -0.3 is 28.8 Å². The Hall–Kier alpha value is -2.00. The average molecular weight is 412 g/mol. The zero-order chi connectivity index (χ0) is 21.0. The van der Waals surface area contributed by atoms with E-state index in [0.29, 0.717) is 65.7 Å². The fraction of sp³-hybridized carbons (Fsp3) is 0.619. The summed E-state index contributed by atoms with van der Waals surface area (Å²) in [5, 5.41) is 8.50. The standard InChI is InChI=1S/C21H32O8/c22-20(23)8-4-5-9-21(24)29-17-16-27-13-12-25-10-11-26-14-15-28-18-19-6-2-1-3-7-19/h1-3,6-7H,4-5,8-18H2,(H,22,23). The molecule has 0 saturated carbocycles. The molecule has 0 fully saturated rings. The van der Waals surface area contributed by atoms with Crippen LogP contribution in [0.5, 0.6) is 0 Å². The van der Waals surface area contributed by atoms with Crippen molar-refractivity contribution in [2.45, 2.75) is 32.3 Å². The predicted octanol–water partition coefficient (Wildman–Crippen LogP) is 2.44. The van der Waals surface area contributed by atoms with Gasteiger partial charge in [0, 0.05) is 12.8 Å². The number of esters is 1. The molecule has 8 nitrogen and oxygen atoms in total. The van der Waals surface area contributed by atoms with Crippen LogP contribution in [0.2, 0.25) is 0 Å². The highest BCUT2D eigenvalue weighted by molar-refractivity contribution is 5.69. The van der Waals surface area contributed by atoms with E-state index in [4.69, 9.17) is 28.8 Å². The smallest absolute Gasteiger partial charge is 0.305 e. The van der Waals surface area contributed by atoms with Crippen LogP contribution < -0.4 is 0 Å². The minimum atomic E-state index is -0.853. The van der Waals surface area contributed by atoms with E-state index in [1.165, 1.54) is 0 Å². The van der Waals surface area contributed by atoms with Crippen LogP contribution in [-0.2, 0) is 39.9 Å². The van der Waals surface area contributed by atoms with Crippen molar-refractivity contribution in [2.75, 3.05) is 52.9 Å². The van der Waals surface area contributed by atoms with Crippen LogP contribution in [0.15, 0.2) is 30.3 Å². The van der Waals surface area contributed by atoms with Crippen molar-refractivity contribution in [1.29, 1.82) is 0 Å². The molecule has 1 N–H and O–H groups in total. The van der Waals surface area contributed by atoms with E-state index in [2.05, 4.69) is 0 Å². The molecule has 0 saturated heterocycles. The number of aliphatic carboxylic acids is 1. The SMILES string of the molecule is O=C(O)CCCCC(=O)OCCOCCOCCOCCOCc1ccccc1. The number of benzene rings is 1. The van der Waals surface area contributed by atoms with Gasteiger partial charge in [-0.2, -0.15) is 0 Å². The third kappa shape index (κ3) is 16.6. The number of hydrogen-bond acceptors (Lipinski definition) is 7. The van der Waals surface area contributed by atoms with Crippen molar-refractivity contribution in [3.05, 3.63) is 35.9 Å². The van der Waals surface area contributed by atoms with Gasteiger partial charge in [-0.3, -0.25) is 9.59 Å². The third-order valence-corrected chi connectivity index (χ3v) is 3.74. The molecule has 0 amide bonds. The van der Waals surface area contributed by atoms with Gasteiger partial charge in [-0.05, 0) is 18.4 Å². The van der Waals surface area contributed by atoms with Crippen LogP contribution in [0.3, 0.4) is 0 Å². The summed E-state index contributed by atoms with van der Waals surface area (Å²) >= 11 is 0. The van der Waals surface area contributed by atoms with Gasteiger partial charge in [0.2, 0.25) is 0 Å². The zero-order valence-electron chi connectivity index (χ0n) is 16.9. The van der Waals surface area contributed by atoms with E-state index in [0.717, 1.165) is 5.56 Å². The molecule has 0 atom stereocenters. The monoisotopic (exact) mass is 412 g/mol. The van der Waals surface area contributed by atoms with Gasteiger partial charge in [0.15, 0.2) is 0 Å². The number of carboxylic acid groups (broad SMARTS) is 1. The molecule has 0 bridgehead atoms. The fourth-order valence-corrected chi connectivity index (χ4v) is 2.26. The first-order chi connectivity index (χ1) is 14.2. The lowest BCUT2D eigenvalue weighted by atomic mass is 10.2. The topological polar surface area (TPSA) is 101 Å². The lowest BCUT2D eigenvalue weighted by Crippen LogP contribution is -2.14. The van der Waals surface area contributed by atoms with Gasteiger partial charge in [-0.15, -0.1) is 0 Å². The second-order valence-electron chi connectivity index (χ2n) is 6.20. The number of hydrogen-bond donors (Lipinski definition) is 1. The summed E-state index contributed by atoms with van der Waals surface area (Å²) < 4.78 is 26.6. The maximum Gasteiger partial charge on any atom is 0.305 e. The second-order valence-corrected chi connectivity index (χ2v) is 6.20.